The molecule has 1 heterocycles. The number of sulfone groups is 1. The summed E-state index contributed by atoms with van der Waals surface area (Å²) in [6.45, 7) is 2.44. The molecule has 0 aliphatic carbocycles. The maximum Gasteiger partial charge on any atom is 0.239 e. The summed E-state index contributed by atoms with van der Waals surface area (Å²) in [5.41, 5.74) is 0. The van der Waals surface area contributed by atoms with Crippen molar-refractivity contribution >= 4 is 15.7 Å². The van der Waals surface area contributed by atoms with Crippen molar-refractivity contribution < 1.29 is 13.2 Å². The van der Waals surface area contributed by atoms with Crippen LogP contribution in [0.3, 0.4) is 0 Å². The van der Waals surface area contributed by atoms with Crippen LogP contribution in [0.4, 0.5) is 0 Å². The Bertz CT molecular complexity index is 397. The van der Waals surface area contributed by atoms with Crippen LogP contribution in [0.15, 0.2) is 0 Å². The molecule has 90 valence electrons. The van der Waals surface area contributed by atoms with Crippen molar-refractivity contribution in [3.63, 3.8) is 0 Å². The van der Waals surface area contributed by atoms with Crippen molar-refractivity contribution in [2.24, 2.45) is 5.92 Å². The van der Waals surface area contributed by atoms with Crippen LogP contribution in [0.1, 0.15) is 19.8 Å². The standard InChI is InChI=1S/C10H16N2O3S/c1-2-9(8-11)10(13)12-4-3-6-16(14,15)7-5-12/h9H,2-7H2,1H3. The lowest BCUT2D eigenvalue weighted by Crippen LogP contribution is -2.37. The third-order valence-electron chi connectivity index (χ3n) is 2.73. The Morgan fingerprint density at radius 2 is 2.12 bits per heavy atom. The van der Waals surface area contributed by atoms with Crippen molar-refractivity contribution in [3.05, 3.63) is 0 Å². The summed E-state index contributed by atoms with van der Waals surface area (Å²) in [4.78, 5) is 13.3. The summed E-state index contributed by atoms with van der Waals surface area (Å²) < 4.78 is 22.7. The lowest BCUT2D eigenvalue weighted by molar-refractivity contribution is -0.133. The average Bonchev–Trinajstić information content (AvgIpc) is 2.41. The Morgan fingerprint density at radius 3 is 2.69 bits per heavy atom. The monoisotopic (exact) mass is 244 g/mol. The molecule has 16 heavy (non-hydrogen) atoms. The first-order valence-corrected chi connectivity index (χ1v) is 7.21. The lowest BCUT2D eigenvalue weighted by Gasteiger charge is -2.21. The van der Waals surface area contributed by atoms with Crippen LogP contribution in [-0.2, 0) is 14.6 Å². The van der Waals surface area contributed by atoms with E-state index in [1.807, 2.05) is 6.07 Å². The second-order valence-electron chi connectivity index (χ2n) is 3.92. The molecule has 6 heteroatoms. The third kappa shape index (κ3) is 3.20. The van der Waals surface area contributed by atoms with Gasteiger partial charge in [-0.25, -0.2) is 8.42 Å². The molecule has 1 aliphatic heterocycles. The van der Waals surface area contributed by atoms with E-state index in [2.05, 4.69) is 0 Å². The normalized spacial score (nSPS) is 21.9. The van der Waals surface area contributed by atoms with Gasteiger partial charge in [-0.2, -0.15) is 5.26 Å². The Balaban J connectivity index is 2.69. The highest BCUT2D eigenvalue weighted by atomic mass is 32.2. The van der Waals surface area contributed by atoms with E-state index >= 15 is 0 Å². The molecule has 0 aromatic rings. The van der Waals surface area contributed by atoms with Gasteiger partial charge in [-0.1, -0.05) is 6.92 Å². The smallest absolute Gasteiger partial charge is 0.239 e. The first-order valence-electron chi connectivity index (χ1n) is 5.39. The molecule has 5 nitrogen and oxygen atoms in total. The van der Waals surface area contributed by atoms with Crippen LogP contribution in [0, 0.1) is 17.2 Å². The van der Waals surface area contributed by atoms with E-state index in [0.29, 0.717) is 19.4 Å². The molecule has 0 N–H and O–H groups in total. The van der Waals surface area contributed by atoms with Crippen molar-refractivity contribution in [2.75, 3.05) is 24.6 Å². The summed E-state index contributed by atoms with van der Waals surface area (Å²) in [6, 6.07) is 1.95. The Labute approximate surface area is 96.0 Å². The lowest BCUT2D eigenvalue weighted by atomic mass is 10.1. The van der Waals surface area contributed by atoms with Crippen LogP contribution in [0.2, 0.25) is 0 Å². The highest BCUT2D eigenvalue weighted by molar-refractivity contribution is 7.91. The fourth-order valence-corrected chi connectivity index (χ4v) is 2.97. The van der Waals surface area contributed by atoms with Crippen LogP contribution < -0.4 is 0 Å². The fourth-order valence-electron chi connectivity index (χ4n) is 1.70. The van der Waals surface area contributed by atoms with Gasteiger partial charge in [0.15, 0.2) is 9.84 Å². The maximum absolute atomic E-state index is 11.8. The van der Waals surface area contributed by atoms with Gasteiger partial charge in [0, 0.05) is 13.1 Å². The number of hydrogen-bond acceptors (Lipinski definition) is 4. The minimum Gasteiger partial charge on any atom is -0.341 e. The van der Waals surface area contributed by atoms with E-state index in [1.54, 1.807) is 6.92 Å². The minimum absolute atomic E-state index is 0.0145. The van der Waals surface area contributed by atoms with Crippen molar-refractivity contribution in [1.29, 1.82) is 5.26 Å². The van der Waals surface area contributed by atoms with Crippen LogP contribution in [0.5, 0.6) is 0 Å². The van der Waals surface area contributed by atoms with Gasteiger partial charge in [-0.3, -0.25) is 4.79 Å². The minimum atomic E-state index is -3.00. The molecule has 1 rings (SSSR count). The molecule has 0 saturated carbocycles. The maximum atomic E-state index is 11.8. The van der Waals surface area contributed by atoms with E-state index in [1.165, 1.54) is 4.90 Å². The molecule has 1 amide bonds. The van der Waals surface area contributed by atoms with E-state index in [0.717, 1.165) is 0 Å². The third-order valence-corrected chi connectivity index (χ3v) is 4.44. The number of hydrogen-bond donors (Lipinski definition) is 0. The molecule has 0 bridgehead atoms. The number of nitriles is 1. The van der Waals surface area contributed by atoms with Gasteiger partial charge in [0.25, 0.3) is 0 Å². The highest BCUT2D eigenvalue weighted by Crippen LogP contribution is 2.11. The zero-order valence-electron chi connectivity index (χ0n) is 9.35. The van der Waals surface area contributed by atoms with Gasteiger partial charge in [-0.05, 0) is 12.8 Å². The number of carbonyl (C=O) groups excluding carboxylic acids is 1. The number of carbonyl (C=O) groups is 1. The molecular formula is C10H16N2O3S. The molecule has 0 aromatic carbocycles. The van der Waals surface area contributed by atoms with Crippen molar-refractivity contribution in [1.82, 2.24) is 4.90 Å². The Morgan fingerprint density at radius 1 is 1.44 bits per heavy atom. The topological polar surface area (TPSA) is 78.2 Å². The van der Waals surface area contributed by atoms with E-state index in [9.17, 15) is 13.2 Å². The van der Waals surface area contributed by atoms with Gasteiger partial charge in [0.1, 0.15) is 5.92 Å². The highest BCUT2D eigenvalue weighted by Gasteiger charge is 2.26. The largest absolute Gasteiger partial charge is 0.341 e. The Kier molecular flexibility index (Phi) is 4.30. The van der Waals surface area contributed by atoms with Crippen LogP contribution in [0.25, 0.3) is 0 Å². The second kappa shape index (κ2) is 5.30. The predicted molar refractivity (Wildman–Crippen MR) is 59.2 cm³/mol. The van der Waals surface area contributed by atoms with Gasteiger partial charge in [0.2, 0.25) is 5.91 Å². The molecular weight excluding hydrogens is 228 g/mol. The van der Waals surface area contributed by atoms with Crippen molar-refractivity contribution in [3.8, 4) is 6.07 Å². The van der Waals surface area contributed by atoms with Gasteiger partial charge in [-0.15, -0.1) is 0 Å². The van der Waals surface area contributed by atoms with E-state index in [4.69, 9.17) is 5.26 Å². The molecule has 1 saturated heterocycles. The summed E-state index contributed by atoms with van der Waals surface area (Å²) >= 11 is 0. The molecule has 0 radical (unpaired) electrons. The van der Waals surface area contributed by atoms with E-state index in [-0.39, 0.29) is 24.0 Å². The molecule has 0 spiro atoms. The zero-order chi connectivity index (χ0) is 12.2. The van der Waals surface area contributed by atoms with Crippen molar-refractivity contribution in [2.45, 2.75) is 19.8 Å². The predicted octanol–water partition coefficient (Wildman–Crippen LogP) is 0.183. The van der Waals surface area contributed by atoms with Crippen LogP contribution in [-0.4, -0.2) is 43.8 Å². The summed E-state index contributed by atoms with van der Waals surface area (Å²) in [7, 11) is -3.00. The Hall–Kier alpha value is -1.09. The molecule has 1 fully saturated rings. The molecule has 1 unspecified atom stereocenters. The molecule has 1 aliphatic rings. The first kappa shape index (κ1) is 13.0. The fraction of sp³-hybridized carbons (Fsp3) is 0.800. The quantitative estimate of drug-likeness (QED) is 0.694. The average molecular weight is 244 g/mol. The molecule has 0 aromatic heterocycles. The number of amides is 1. The summed E-state index contributed by atoms with van der Waals surface area (Å²) in [5, 5.41) is 8.78. The first-order chi connectivity index (χ1) is 7.50. The zero-order valence-corrected chi connectivity index (χ0v) is 10.2. The van der Waals surface area contributed by atoms with Gasteiger partial charge < -0.3 is 4.90 Å². The molecule has 1 atom stereocenters. The second-order valence-corrected chi connectivity index (χ2v) is 6.22. The summed E-state index contributed by atoms with van der Waals surface area (Å²) in [6.07, 6.45) is 0.939. The van der Waals surface area contributed by atoms with Gasteiger partial charge >= 0.3 is 0 Å². The SMILES string of the molecule is CCC(C#N)C(=O)N1CCCS(=O)(=O)CC1. The van der Waals surface area contributed by atoms with Crippen LogP contribution >= 0.6 is 0 Å². The van der Waals surface area contributed by atoms with E-state index < -0.39 is 15.8 Å². The van der Waals surface area contributed by atoms with Gasteiger partial charge in [0.05, 0.1) is 17.6 Å². The number of rotatable bonds is 2. The summed E-state index contributed by atoms with van der Waals surface area (Å²) in [5.74, 6) is -0.719. The number of nitrogens with zero attached hydrogens (tertiary/aromatic N) is 2.